The highest BCUT2D eigenvalue weighted by Crippen LogP contribution is 2.53. The van der Waals surface area contributed by atoms with Crippen molar-refractivity contribution in [3.63, 3.8) is 0 Å². The number of fused-ring (bicyclic) bond motifs is 16. The molecule has 0 amide bonds. The van der Waals surface area contributed by atoms with E-state index in [-0.39, 0.29) is 65.4 Å². The van der Waals surface area contributed by atoms with Crippen LogP contribution in [0, 0.1) is 105 Å². The highest BCUT2D eigenvalue weighted by atomic mass is 19.2. The van der Waals surface area contributed by atoms with E-state index in [1.165, 1.54) is 105 Å². The average molecular weight is 1850 g/mol. The number of halogens is 18. The number of hydrogen-bond donors (Lipinski definition) is 0. The van der Waals surface area contributed by atoms with Crippen molar-refractivity contribution in [3.8, 4) is 89.5 Å². The second-order valence-electron chi connectivity index (χ2n) is 33.1. The molecule has 14 aromatic carbocycles. The lowest BCUT2D eigenvalue weighted by Gasteiger charge is -2.17. The first-order chi connectivity index (χ1) is 67.0. The van der Waals surface area contributed by atoms with Gasteiger partial charge in [0.15, 0.2) is 93.1 Å². The molecule has 0 unspecified atom stereocenters. The molecular weight excluding hydrogens is 1810 g/mol. The summed E-state index contributed by atoms with van der Waals surface area (Å²) in [5.41, 5.74) is 4.00. The highest BCUT2D eigenvalue weighted by Gasteiger charge is 2.40. The largest absolute Gasteiger partial charge is 0.308 e. The Morgan fingerprint density at radius 2 is 0.377 bits per heavy atom. The molecule has 0 aliphatic heterocycles. The van der Waals surface area contributed by atoms with Crippen LogP contribution in [0.15, 0.2) is 281 Å². The van der Waals surface area contributed by atoms with Gasteiger partial charge in [0.25, 0.3) is 0 Å². The molecule has 0 bridgehead atoms. The summed E-state index contributed by atoms with van der Waals surface area (Å²) in [7, 11) is 0. The fraction of sp³-hybridized carbons (Fsp3) is 0. The van der Waals surface area contributed by atoms with Crippen molar-refractivity contribution < 1.29 is 79.0 Å². The molecule has 664 valence electrons. The third-order valence-corrected chi connectivity index (χ3v) is 26.0. The number of benzene rings is 14. The van der Waals surface area contributed by atoms with Crippen molar-refractivity contribution in [1.82, 2.24) is 58.1 Å². The zero-order valence-corrected chi connectivity index (χ0v) is 69.7. The van der Waals surface area contributed by atoms with E-state index >= 15 is 35.1 Å². The van der Waals surface area contributed by atoms with E-state index in [1.54, 1.807) is 0 Å². The molecule has 0 N–H and O–H groups in total. The molecular formula is C108H46F18N12. The number of rotatable bonds is 10. The second-order valence-corrected chi connectivity index (χ2v) is 33.1. The van der Waals surface area contributed by atoms with E-state index in [9.17, 15) is 43.9 Å². The Kier molecular flexibility index (Phi) is 18.1. The van der Waals surface area contributed by atoms with Gasteiger partial charge in [-0.1, -0.05) is 48.5 Å². The third-order valence-electron chi connectivity index (χ3n) is 26.0. The van der Waals surface area contributed by atoms with Gasteiger partial charge in [0.2, 0.25) is 11.6 Å². The van der Waals surface area contributed by atoms with Gasteiger partial charge in [0.05, 0.1) is 88.5 Å². The molecule has 26 aromatic rings. The van der Waals surface area contributed by atoms with Crippen molar-refractivity contribution in [2.24, 2.45) is 0 Å². The molecule has 30 heteroatoms. The summed E-state index contributed by atoms with van der Waals surface area (Å²) < 4.78 is 280. The Labute approximate surface area is 760 Å². The van der Waals surface area contributed by atoms with Crippen LogP contribution in [0.25, 0.3) is 242 Å². The Hall–Kier alpha value is -17.7. The smallest absolute Gasteiger partial charge is 0.200 e. The van der Waals surface area contributed by atoms with Crippen molar-refractivity contribution in [2.75, 3.05) is 0 Å². The Bertz CT molecular complexity index is 9060. The van der Waals surface area contributed by atoms with Crippen LogP contribution < -0.4 is 0 Å². The Balaban J connectivity index is 0.000000147. The normalized spacial score (nSPS) is 12.1. The van der Waals surface area contributed by atoms with E-state index in [4.69, 9.17) is 9.97 Å². The number of aromatic nitrogens is 12. The van der Waals surface area contributed by atoms with E-state index in [0.717, 1.165) is 99.8 Å². The van der Waals surface area contributed by atoms with Gasteiger partial charge in [-0.15, -0.1) is 0 Å². The Morgan fingerprint density at radius 1 is 0.167 bits per heavy atom. The first kappa shape index (κ1) is 82.2. The van der Waals surface area contributed by atoms with Crippen LogP contribution in [-0.2, 0) is 0 Å². The SMILES string of the molecule is Fc1c(F)c(F)c(-c2c(F)c(F)c(-n3c4cccnc4c4c5ccc6cc7c(c8ccc(cc43)c5c68)c3ncccc3n7-c3c(F)c(F)c(-c4c(F)c(F)c(F)c(F)c4F)c(F)c3F)c(F)c2F)c(F)c1F.c1cnc2c3c4ccc5cc6c(c7ccc(cc3n(-c3cc(-c8ccncc8)cc(-c8ccncc8)c3)c2c1)c4c57)c1ncccc1n6-c1cc(-c2ccncc2)cc(-c2ccncc2)c1. The average Bonchev–Trinajstić information content (AvgIpc) is 1.51. The molecule has 0 aliphatic carbocycles. The van der Waals surface area contributed by atoms with Gasteiger partial charge in [-0.25, -0.2) is 79.0 Å². The predicted octanol–water partition coefficient (Wildman–Crippen LogP) is 29.2. The minimum absolute atomic E-state index is 0.0561. The molecule has 0 fully saturated rings. The zero-order chi connectivity index (χ0) is 94.3. The van der Waals surface area contributed by atoms with Crippen LogP contribution in [0.2, 0.25) is 0 Å². The van der Waals surface area contributed by atoms with E-state index in [2.05, 4.69) is 172 Å². The van der Waals surface area contributed by atoms with Crippen LogP contribution in [0.5, 0.6) is 0 Å². The van der Waals surface area contributed by atoms with Gasteiger partial charge in [-0.2, -0.15) is 0 Å². The molecule has 138 heavy (non-hydrogen) atoms. The molecule has 0 atom stereocenters. The lowest BCUT2D eigenvalue weighted by Crippen LogP contribution is -2.12. The van der Waals surface area contributed by atoms with E-state index in [1.807, 2.05) is 74.1 Å². The predicted molar refractivity (Wildman–Crippen MR) is 492 cm³/mol. The van der Waals surface area contributed by atoms with Crippen LogP contribution in [0.4, 0.5) is 79.0 Å². The second kappa shape index (κ2) is 30.4. The van der Waals surface area contributed by atoms with Crippen molar-refractivity contribution >= 4 is 152 Å². The summed E-state index contributed by atoms with van der Waals surface area (Å²) in [5.74, 6) is -46.7. The lowest BCUT2D eigenvalue weighted by molar-refractivity contribution is 0.379. The van der Waals surface area contributed by atoms with Gasteiger partial charge in [-0.05, 0) is 267 Å². The standard InChI is InChI=1S/C58H34N8.C50H12F18N4/c1-3-49-57(63-17-1)55-47-7-5-40-34-52-56(58-50(4-2-18-64-58)66(52)46-31-43(37-13-23-61-24-14-37)28-44(32-46)38-15-25-62-26-16-38)48-8-6-39(53(47)54(40)48)33-51(55)65(49)45-29-41(35-9-19-59-20-10-35)27-42(30-45)36-11-21-60-22-12-36;51-29-25(30(52)38(60)41(63)37(29)59)27-33(55)43(65)49(44(66)34(27)56)71-17-3-1-9-69-47(17)23-15-7-5-14-12-20-24(16-8-6-13(11-19(23)71)21(15)22(14)16)48-18(4-2-10-70-48)72(20)50-45(67)35(57)28(36(58)46(50)68)26-31(53)39(61)42(64)40(62)32(26)54/h1-34H;1-12H. The maximum atomic E-state index is 16.4. The third kappa shape index (κ3) is 11.6. The summed E-state index contributed by atoms with van der Waals surface area (Å²) in [6.45, 7) is 0. The molecule has 12 aromatic heterocycles. The van der Waals surface area contributed by atoms with Crippen molar-refractivity contribution in [2.45, 2.75) is 0 Å². The topological polar surface area (TPSA) is 123 Å². The number of hydrogen-bond acceptors (Lipinski definition) is 8. The minimum Gasteiger partial charge on any atom is -0.308 e. The first-order valence-corrected chi connectivity index (χ1v) is 42.3. The van der Waals surface area contributed by atoms with Crippen LogP contribution >= 0.6 is 0 Å². The van der Waals surface area contributed by atoms with E-state index < -0.39 is 138 Å². The maximum Gasteiger partial charge on any atom is 0.200 e. The van der Waals surface area contributed by atoms with Crippen LogP contribution in [0.3, 0.4) is 0 Å². The van der Waals surface area contributed by atoms with Crippen molar-refractivity contribution in [1.29, 1.82) is 0 Å². The molecule has 12 heterocycles. The quantitative estimate of drug-likeness (QED) is 0.0574. The molecule has 26 rings (SSSR count). The molecule has 0 aliphatic rings. The van der Waals surface area contributed by atoms with Crippen LogP contribution in [0.1, 0.15) is 0 Å². The van der Waals surface area contributed by atoms with E-state index in [0.29, 0.717) is 19.9 Å². The lowest BCUT2D eigenvalue weighted by atomic mass is 9.90. The molecule has 0 spiro atoms. The summed E-state index contributed by atoms with van der Waals surface area (Å²) in [6, 6.07) is 65.9. The van der Waals surface area contributed by atoms with Gasteiger partial charge >= 0.3 is 0 Å². The first-order valence-electron chi connectivity index (χ1n) is 42.3. The Morgan fingerprint density at radius 3 is 0.616 bits per heavy atom. The van der Waals surface area contributed by atoms with Crippen LogP contribution in [-0.4, -0.2) is 58.1 Å². The summed E-state index contributed by atoms with van der Waals surface area (Å²) >= 11 is 0. The summed E-state index contributed by atoms with van der Waals surface area (Å²) in [6.07, 6.45) is 21.1. The molecule has 12 nitrogen and oxygen atoms in total. The minimum atomic E-state index is -2.74. The summed E-state index contributed by atoms with van der Waals surface area (Å²) in [5, 5.41) is 11.1. The zero-order valence-electron chi connectivity index (χ0n) is 69.7. The monoisotopic (exact) mass is 1850 g/mol. The molecule has 0 saturated carbocycles. The molecule has 0 radical (unpaired) electrons. The molecule has 0 saturated heterocycles. The van der Waals surface area contributed by atoms with Gasteiger partial charge in [0, 0.05) is 107 Å². The summed E-state index contributed by atoms with van der Waals surface area (Å²) in [4.78, 5) is 36.2. The van der Waals surface area contributed by atoms with Gasteiger partial charge in [-0.3, -0.25) is 39.9 Å². The highest BCUT2D eigenvalue weighted by molar-refractivity contribution is 6.39. The number of pyridine rings is 8. The fourth-order valence-corrected chi connectivity index (χ4v) is 20.2. The van der Waals surface area contributed by atoms with Gasteiger partial charge < -0.3 is 18.3 Å². The maximum absolute atomic E-state index is 16.4. The van der Waals surface area contributed by atoms with Gasteiger partial charge in [0.1, 0.15) is 11.4 Å². The van der Waals surface area contributed by atoms with Crippen molar-refractivity contribution in [3.05, 3.63) is 385 Å². The number of nitrogens with zero attached hydrogens (tertiary/aromatic N) is 12. The fourth-order valence-electron chi connectivity index (χ4n) is 20.2.